The lowest BCUT2D eigenvalue weighted by Crippen LogP contribution is -2.14. The van der Waals surface area contributed by atoms with Crippen LogP contribution in [0.15, 0.2) is 60.7 Å². The number of ether oxygens (including phenoxy) is 2. The first-order chi connectivity index (χ1) is 17.4. The van der Waals surface area contributed by atoms with Crippen LogP contribution in [0.5, 0.6) is 5.75 Å². The summed E-state index contributed by atoms with van der Waals surface area (Å²) in [5.41, 5.74) is 10.00. The van der Waals surface area contributed by atoms with Gasteiger partial charge in [0.2, 0.25) is 0 Å². The maximum Gasteiger partial charge on any atom is 0.307 e. The van der Waals surface area contributed by atoms with Gasteiger partial charge in [-0.3, -0.25) is 4.79 Å². The van der Waals surface area contributed by atoms with E-state index in [1.807, 2.05) is 30.3 Å². The molecular weight excluding hydrogens is 461 g/mol. The monoisotopic (exact) mass is 493 g/mol. The van der Waals surface area contributed by atoms with Gasteiger partial charge in [0.25, 0.3) is 0 Å². The molecule has 0 aliphatic carbocycles. The van der Waals surface area contributed by atoms with Crippen LogP contribution < -0.4 is 10.5 Å². The Morgan fingerprint density at radius 2 is 1.89 bits per heavy atom. The first kappa shape index (κ1) is 25.8. The van der Waals surface area contributed by atoms with Gasteiger partial charge in [-0.25, -0.2) is 4.39 Å². The minimum Gasteiger partial charge on any atom is -0.488 e. The number of aliphatic hydroxyl groups is 1. The highest BCUT2D eigenvalue weighted by atomic mass is 19.1. The van der Waals surface area contributed by atoms with Crippen molar-refractivity contribution in [3.63, 3.8) is 0 Å². The second-order valence-corrected chi connectivity index (χ2v) is 9.16. The maximum absolute atomic E-state index is 15.6. The number of benzene rings is 3. The van der Waals surface area contributed by atoms with Gasteiger partial charge in [0.15, 0.2) is 0 Å². The van der Waals surface area contributed by atoms with Gasteiger partial charge < -0.3 is 25.4 Å². The minimum atomic E-state index is -0.961. The van der Waals surface area contributed by atoms with Gasteiger partial charge in [-0.05, 0) is 72.2 Å². The summed E-state index contributed by atoms with van der Waals surface area (Å²) in [7, 11) is 0. The molecule has 0 amide bonds. The lowest BCUT2D eigenvalue weighted by atomic mass is 9.94. The highest BCUT2D eigenvalue weighted by molar-refractivity contribution is 5.71. The van der Waals surface area contributed by atoms with Crippen molar-refractivity contribution >= 4 is 5.97 Å². The second-order valence-electron chi connectivity index (χ2n) is 9.16. The Kier molecular flexibility index (Phi) is 8.70. The van der Waals surface area contributed by atoms with Gasteiger partial charge in [0.1, 0.15) is 18.2 Å². The van der Waals surface area contributed by atoms with Gasteiger partial charge in [-0.2, -0.15) is 0 Å². The smallest absolute Gasteiger partial charge is 0.307 e. The highest BCUT2D eigenvalue weighted by Crippen LogP contribution is 2.30. The number of carboxylic acid groups (broad SMARTS) is 1. The van der Waals surface area contributed by atoms with Crippen molar-refractivity contribution in [1.82, 2.24) is 0 Å². The Morgan fingerprint density at radius 3 is 2.64 bits per heavy atom. The highest BCUT2D eigenvalue weighted by Gasteiger charge is 2.19. The summed E-state index contributed by atoms with van der Waals surface area (Å²) in [6.07, 6.45) is 3.24. The van der Waals surface area contributed by atoms with E-state index in [2.05, 4.69) is 0 Å². The Balaban J connectivity index is 1.65. The maximum atomic E-state index is 15.6. The Bertz CT molecular complexity index is 1190. The van der Waals surface area contributed by atoms with Gasteiger partial charge in [0, 0.05) is 17.7 Å². The molecular formula is C29H32FNO5. The molecule has 36 heavy (non-hydrogen) atoms. The topological polar surface area (TPSA) is 102 Å². The molecule has 1 heterocycles. The molecule has 1 unspecified atom stereocenters. The van der Waals surface area contributed by atoms with E-state index < -0.39 is 12.0 Å². The fourth-order valence-corrected chi connectivity index (χ4v) is 4.56. The Morgan fingerprint density at radius 1 is 1.08 bits per heavy atom. The van der Waals surface area contributed by atoms with Crippen molar-refractivity contribution in [1.29, 1.82) is 0 Å². The fraction of sp³-hybridized carbons (Fsp3) is 0.345. The number of aryl methyl sites for hydroxylation is 1. The number of hydrogen-bond acceptors (Lipinski definition) is 5. The van der Waals surface area contributed by atoms with Gasteiger partial charge in [-0.1, -0.05) is 36.4 Å². The van der Waals surface area contributed by atoms with Gasteiger partial charge in [-0.15, -0.1) is 0 Å². The van der Waals surface area contributed by atoms with Crippen LogP contribution >= 0.6 is 0 Å². The number of carbonyl (C=O) groups is 1. The van der Waals surface area contributed by atoms with E-state index in [9.17, 15) is 15.0 Å². The zero-order valence-corrected chi connectivity index (χ0v) is 20.2. The molecule has 6 nitrogen and oxygen atoms in total. The molecule has 4 rings (SSSR count). The van der Waals surface area contributed by atoms with E-state index in [1.54, 1.807) is 30.3 Å². The summed E-state index contributed by atoms with van der Waals surface area (Å²) in [5, 5.41) is 18.7. The normalized spacial score (nSPS) is 16.1. The summed E-state index contributed by atoms with van der Waals surface area (Å²) in [6.45, 7) is 0.535. The summed E-state index contributed by atoms with van der Waals surface area (Å²) in [4.78, 5) is 11.2. The molecule has 3 aromatic carbocycles. The second kappa shape index (κ2) is 12.1. The number of para-hydroxylation sites is 1. The third kappa shape index (κ3) is 6.49. The van der Waals surface area contributed by atoms with Crippen LogP contribution in [0.3, 0.4) is 0 Å². The summed E-state index contributed by atoms with van der Waals surface area (Å²) >= 11 is 0. The number of aliphatic hydroxyl groups excluding tert-OH is 1. The van der Waals surface area contributed by atoms with Crippen LogP contribution in [0.2, 0.25) is 0 Å². The van der Waals surface area contributed by atoms with E-state index in [0.29, 0.717) is 28.9 Å². The number of carboxylic acids is 1. The third-order valence-corrected chi connectivity index (χ3v) is 6.53. The van der Waals surface area contributed by atoms with Crippen LogP contribution in [-0.4, -0.2) is 35.5 Å². The zero-order chi connectivity index (χ0) is 25.5. The first-order valence-electron chi connectivity index (χ1n) is 12.3. The average Bonchev–Trinajstić information content (AvgIpc) is 3.41. The van der Waals surface area contributed by atoms with Crippen molar-refractivity contribution < 1.29 is 28.9 Å². The molecule has 0 aromatic heterocycles. The molecule has 1 aliphatic heterocycles. The van der Waals surface area contributed by atoms with E-state index in [-0.39, 0.29) is 31.6 Å². The largest absolute Gasteiger partial charge is 0.488 e. The predicted octanol–water partition coefficient (Wildman–Crippen LogP) is 4.80. The summed E-state index contributed by atoms with van der Waals surface area (Å²) in [5.74, 6) is -0.867. The predicted molar refractivity (Wildman–Crippen MR) is 135 cm³/mol. The van der Waals surface area contributed by atoms with Gasteiger partial charge in [0.05, 0.1) is 25.2 Å². The summed E-state index contributed by atoms with van der Waals surface area (Å²) < 4.78 is 27.3. The number of halogens is 1. The van der Waals surface area contributed by atoms with Crippen LogP contribution in [0, 0.1) is 5.82 Å². The van der Waals surface area contributed by atoms with Crippen LogP contribution in [-0.2, 0) is 29.0 Å². The molecule has 0 radical (unpaired) electrons. The Labute approximate surface area is 210 Å². The Hall–Kier alpha value is -3.26. The lowest BCUT2D eigenvalue weighted by molar-refractivity contribution is -0.136. The molecule has 7 heteroatoms. The van der Waals surface area contributed by atoms with E-state index >= 15 is 4.39 Å². The molecule has 1 fully saturated rings. The molecule has 1 saturated heterocycles. The molecule has 4 N–H and O–H groups in total. The molecule has 0 bridgehead atoms. The van der Waals surface area contributed by atoms with Crippen molar-refractivity contribution in [3.05, 3.63) is 88.7 Å². The molecule has 2 atom stereocenters. The molecule has 0 spiro atoms. The van der Waals surface area contributed by atoms with Crippen molar-refractivity contribution in [2.24, 2.45) is 5.73 Å². The zero-order valence-electron chi connectivity index (χ0n) is 20.2. The van der Waals surface area contributed by atoms with Crippen molar-refractivity contribution in [2.45, 2.75) is 50.9 Å². The quantitative estimate of drug-likeness (QED) is 0.355. The standard InChI is InChI=1S/C29H32FNO5/c30-29-22(10-11-25-8-4-12-35-25)14-23(19-6-3-7-20(13-19)26(31)17-32)15-24(29)18-36-27-9-2-1-5-21(27)16-28(33)34/h1-3,5-7,9,13-15,25-26,32H,4,8,10-12,16-18,31H2,(H,33,34)/t25?,26-/m1/s1. The fourth-order valence-electron chi connectivity index (χ4n) is 4.56. The van der Waals surface area contributed by atoms with Gasteiger partial charge >= 0.3 is 5.97 Å². The SMILES string of the molecule is N[C@H](CO)c1cccc(-c2cc(CCC3CCCO3)c(F)c(COc3ccccc3CC(=O)O)c2)c1. The first-order valence-corrected chi connectivity index (χ1v) is 12.3. The van der Waals surface area contributed by atoms with Crippen molar-refractivity contribution in [2.75, 3.05) is 13.2 Å². The number of aliphatic carboxylic acids is 1. The lowest BCUT2D eigenvalue weighted by Gasteiger charge is -2.17. The number of hydrogen-bond donors (Lipinski definition) is 3. The third-order valence-electron chi connectivity index (χ3n) is 6.53. The van der Waals surface area contributed by atoms with Crippen LogP contribution in [0.1, 0.15) is 47.6 Å². The van der Waals surface area contributed by atoms with E-state index in [4.69, 9.17) is 15.2 Å². The van der Waals surface area contributed by atoms with E-state index in [0.717, 1.165) is 42.6 Å². The average molecular weight is 494 g/mol. The molecule has 3 aromatic rings. The molecule has 1 aliphatic rings. The van der Waals surface area contributed by atoms with Crippen LogP contribution in [0.25, 0.3) is 11.1 Å². The number of nitrogens with two attached hydrogens (primary N) is 1. The molecule has 0 saturated carbocycles. The van der Waals surface area contributed by atoms with Crippen LogP contribution in [0.4, 0.5) is 4.39 Å². The number of rotatable bonds is 11. The summed E-state index contributed by atoms with van der Waals surface area (Å²) in [6, 6.07) is 17.6. The van der Waals surface area contributed by atoms with Crippen molar-refractivity contribution in [3.8, 4) is 16.9 Å². The minimum absolute atomic E-state index is 0.0426. The molecule has 190 valence electrons. The van der Waals surface area contributed by atoms with E-state index in [1.165, 1.54) is 0 Å².